The number of allylic oxidation sites excluding steroid dienone is 1. The molecule has 0 spiro atoms. The van der Waals surface area contributed by atoms with Gasteiger partial charge in [-0.15, -0.1) is 0 Å². The fourth-order valence-corrected chi connectivity index (χ4v) is 6.62. The van der Waals surface area contributed by atoms with Gasteiger partial charge >= 0.3 is 0 Å². The molecular weight excluding hydrogens is 544 g/mol. The Morgan fingerprint density at radius 2 is 1.62 bits per heavy atom. The maximum atomic E-state index is 12.6. The summed E-state index contributed by atoms with van der Waals surface area (Å²) in [5, 5.41) is 2.78. The summed E-state index contributed by atoms with van der Waals surface area (Å²) in [4.78, 5) is 15.0. The topological polar surface area (TPSA) is 117 Å². The van der Waals surface area contributed by atoms with Gasteiger partial charge in [-0.25, -0.2) is 4.21 Å². The molecule has 1 unspecified atom stereocenters. The molecule has 3 aromatic carbocycles. The molecular formula is C33H44N6O2S. The van der Waals surface area contributed by atoms with Crippen LogP contribution in [-0.2, 0) is 35.2 Å². The summed E-state index contributed by atoms with van der Waals surface area (Å²) in [6, 6.07) is 23.7. The van der Waals surface area contributed by atoms with Gasteiger partial charge in [0.2, 0.25) is 5.91 Å². The standard InChI is InChI=1S/C16H23N.C14H12N2O2S.C3H9N3/c1-4-10-17(11-5-1)13-14-8-9-15-6-2-3-7-16(15)12-14;17-14-10-16(13-9-5-4-8-12(13)15-14)19(18)11-6-2-1-3-7-11;1-3(4)2-6-5/h8-9,12H,1-7,10-11,13H2;1-9H,10H2,(H,15,17);2,6H,4-5H2,1H3/b;;3-2-. The van der Waals surface area contributed by atoms with E-state index >= 15 is 0 Å². The van der Waals surface area contributed by atoms with Crippen LogP contribution in [0.1, 0.15) is 55.7 Å². The van der Waals surface area contributed by atoms with E-state index in [4.69, 9.17) is 11.6 Å². The molecule has 8 nitrogen and oxygen atoms in total. The molecule has 9 heteroatoms. The van der Waals surface area contributed by atoms with Gasteiger partial charge < -0.3 is 16.5 Å². The second-order valence-corrected chi connectivity index (χ2v) is 12.3. The maximum Gasteiger partial charge on any atom is 0.245 e. The zero-order chi connectivity index (χ0) is 29.7. The molecule has 1 saturated heterocycles. The predicted molar refractivity (Wildman–Crippen MR) is 173 cm³/mol. The minimum absolute atomic E-state index is 0.0958. The number of hydrazine groups is 1. The molecule has 1 amide bonds. The Morgan fingerprint density at radius 1 is 0.929 bits per heavy atom. The van der Waals surface area contributed by atoms with Gasteiger partial charge in [-0.2, -0.15) is 0 Å². The number of hydrogen-bond donors (Lipinski definition) is 4. The van der Waals surface area contributed by atoms with E-state index in [-0.39, 0.29) is 12.5 Å². The number of fused-ring (bicyclic) bond motifs is 2. The van der Waals surface area contributed by atoms with Gasteiger partial charge in [0, 0.05) is 18.4 Å². The molecule has 2 heterocycles. The summed E-state index contributed by atoms with van der Waals surface area (Å²) in [6.07, 6.45) is 11.1. The Bertz CT molecular complexity index is 1350. The van der Waals surface area contributed by atoms with E-state index in [0.717, 1.165) is 5.69 Å². The maximum absolute atomic E-state index is 12.6. The lowest BCUT2D eigenvalue weighted by Gasteiger charge is -2.29. The minimum Gasteiger partial charge on any atom is -0.401 e. The van der Waals surface area contributed by atoms with Gasteiger partial charge in [-0.05, 0) is 99.5 Å². The number of piperidine rings is 1. The first-order valence-electron chi connectivity index (χ1n) is 14.8. The summed E-state index contributed by atoms with van der Waals surface area (Å²) >= 11 is 0. The van der Waals surface area contributed by atoms with E-state index in [9.17, 15) is 9.00 Å². The van der Waals surface area contributed by atoms with Crippen molar-refractivity contribution in [3.05, 3.63) is 101 Å². The van der Waals surface area contributed by atoms with Crippen molar-refractivity contribution in [3.63, 3.8) is 0 Å². The van der Waals surface area contributed by atoms with Crippen molar-refractivity contribution in [2.24, 2.45) is 11.6 Å². The van der Waals surface area contributed by atoms with Crippen LogP contribution in [0.4, 0.5) is 11.4 Å². The van der Waals surface area contributed by atoms with Crippen molar-refractivity contribution in [2.45, 2.75) is 63.3 Å². The number of rotatable bonds is 5. The summed E-state index contributed by atoms with van der Waals surface area (Å²) in [5.41, 5.74) is 14.3. The molecule has 1 aliphatic carbocycles. The second-order valence-electron chi connectivity index (χ2n) is 10.9. The van der Waals surface area contributed by atoms with Crippen LogP contribution in [0.2, 0.25) is 0 Å². The lowest BCUT2D eigenvalue weighted by molar-refractivity contribution is -0.114. The van der Waals surface area contributed by atoms with Gasteiger partial charge in [-0.1, -0.05) is 55.0 Å². The van der Waals surface area contributed by atoms with Crippen molar-refractivity contribution in [2.75, 3.05) is 29.3 Å². The molecule has 1 atom stereocenters. The van der Waals surface area contributed by atoms with Crippen LogP contribution >= 0.6 is 0 Å². The highest BCUT2D eigenvalue weighted by Crippen LogP contribution is 2.31. The first-order chi connectivity index (χ1) is 20.4. The molecule has 1 fully saturated rings. The molecule has 2 aliphatic heterocycles. The predicted octanol–water partition coefficient (Wildman–Crippen LogP) is 4.99. The summed E-state index contributed by atoms with van der Waals surface area (Å²) in [6.45, 7) is 5.62. The molecule has 3 aliphatic rings. The van der Waals surface area contributed by atoms with Crippen molar-refractivity contribution in [3.8, 4) is 0 Å². The first-order valence-corrected chi connectivity index (χ1v) is 15.9. The Kier molecular flexibility index (Phi) is 12.0. The fourth-order valence-electron chi connectivity index (χ4n) is 5.41. The fraction of sp³-hybridized carbons (Fsp3) is 0.364. The molecule has 224 valence electrons. The molecule has 6 rings (SSSR count). The second kappa shape index (κ2) is 16.1. The summed E-state index contributed by atoms with van der Waals surface area (Å²) < 4.78 is 14.2. The molecule has 0 radical (unpaired) electrons. The molecule has 3 aromatic rings. The highest BCUT2D eigenvalue weighted by molar-refractivity contribution is 7.86. The number of nitrogens with zero attached hydrogens (tertiary/aromatic N) is 2. The third-order valence-electron chi connectivity index (χ3n) is 7.46. The van der Waals surface area contributed by atoms with Crippen molar-refractivity contribution in [1.29, 1.82) is 0 Å². The Balaban J connectivity index is 0.000000163. The number of anilines is 2. The average molecular weight is 589 g/mol. The number of likely N-dealkylation sites (tertiary alicyclic amines) is 1. The van der Waals surface area contributed by atoms with E-state index in [2.05, 4.69) is 33.8 Å². The molecule has 6 N–H and O–H groups in total. The summed E-state index contributed by atoms with van der Waals surface area (Å²) in [7, 11) is -1.38. The van der Waals surface area contributed by atoms with Crippen molar-refractivity contribution in [1.82, 2.24) is 10.3 Å². The number of nitrogens with two attached hydrogens (primary N) is 2. The Morgan fingerprint density at radius 3 is 2.31 bits per heavy atom. The number of hydrogen-bond acceptors (Lipinski definition) is 6. The highest BCUT2D eigenvalue weighted by atomic mass is 32.2. The van der Waals surface area contributed by atoms with E-state index in [0.29, 0.717) is 16.3 Å². The van der Waals surface area contributed by atoms with Crippen LogP contribution in [0.5, 0.6) is 0 Å². The van der Waals surface area contributed by atoms with E-state index in [1.54, 1.807) is 34.5 Å². The van der Waals surface area contributed by atoms with Crippen LogP contribution < -0.4 is 26.6 Å². The lowest BCUT2D eigenvalue weighted by Crippen LogP contribution is -2.39. The van der Waals surface area contributed by atoms with Crippen LogP contribution in [0.25, 0.3) is 0 Å². The molecule has 0 saturated carbocycles. The molecule has 0 aromatic heterocycles. The van der Waals surface area contributed by atoms with Crippen LogP contribution in [0.15, 0.2) is 89.6 Å². The first kappa shape index (κ1) is 31.3. The molecule has 0 bridgehead atoms. The van der Waals surface area contributed by atoms with Gasteiger partial charge in [0.05, 0.1) is 16.3 Å². The van der Waals surface area contributed by atoms with Gasteiger partial charge in [0.15, 0.2) is 11.0 Å². The minimum atomic E-state index is -1.38. The van der Waals surface area contributed by atoms with Crippen LogP contribution in [0.3, 0.4) is 0 Å². The zero-order valence-electron chi connectivity index (χ0n) is 24.6. The van der Waals surface area contributed by atoms with Crippen molar-refractivity contribution < 1.29 is 9.00 Å². The SMILES string of the molecule is C/C(N)=C/NN.O=C1CN(S(=O)c2ccccc2)c2ccccc2N1.c1cc2c(cc1CN1CCCCC1)CCCC2. The highest BCUT2D eigenvalue weighted by Gasteiger charge is 2.26. The number of aryl methyl sites for hydroxylation is 2. The van der Waals surface area contributed by atoms with Crippen molar-refractivity contribution >= 4 is 28.3 Å². The number of carbonyl (C=O) groups is 1. The number of benzene rings is 3. The van der Waals surface area contributed by atoms with Crippen LogP contribution in [0, 0.1) is 0 Å². The number of para-hydroxylation sites is 2. The number of nitrogens with one attached hydrogen (secondary N) is 2. The normalized spacial score (nSPS) is 17.2. The Labute approximate surface area is 252 Å². The number of amides is 1. The zero-order valence-corrected chi connectivity index (χ0v) is 25.4. The monoisotopic (exact) mass is 588 g/mol. The lowest BCUT2D eigenvalue weighted by atomic mass is 9.90. The smallest absolute Gasteiger partial charge is 0.245 e. The van der Waals surface area contributed by atoms with E-state index in [1.165, 1.54) is 76.3 Å². The molecule has 42 heavy (non-hydrogen) atoms. The largest absolute Gasteiger partial charge is 0.401 e. The third-order valence-corrected chi connectivity index (χ3v) is 8.86. The van der Waals surface area contributed by atoms with Gasteiger partial charge in [-0.3, -0.25) is 19.8 Å². The van der Waals surface area contributed by atoms with Gasteiger partial charge in [0.25, 0.3) is 0 Å². The van der Waals surface area contributed by atoms with Gasteiger partial charge in [0.1, 0.15) is 6.54 Å². The van der Waals surface area contributed by atoms with Crippen LogP contribution in [-0.4, -0.2) is 34.7 Å². The Hall–Kier alpha value is -3.66. The summed E-state index contributed by atoms with van der Waals surface area (Å²) in [5.74, 6) is 4.67. The van der Waals surface area contributed by atoms with E-state index < -0.39 is 11.0 Å². The quantitative estimate of drug-likeness (QED) is 0.247. The average Bonchev–Trinajstić information content (AvgIpc) is 3.02. The third kappa shape index (κ3) is 9.17. The number of carbonyl (C=O) groups excluding carboxylic acids is 1. The van der Waals surface area contributed by atoms with E-state index in [1.807, 2.05) is 42.5 Å².